The van der Waals surface area contributed by atoms with Crippen LogP contribution in [0, 0.1) is 13.8 Å². The van der Waals surface area contributed by atoms with Crippen LogP contribution in [0.5, 0.6) is 0 Å². The first-order valence-electron chi connectivity index (χ1n) is 6.32. The molecule has 0 heterocycles. The summed E-state index contributed by atoms with van der Waals surface area (Å²) in [4.78, 5) is 0.284. The molecule has 20 heavy (non-hydrogen) atoms. The van der Waals surface area contributed by atoms with Gasteiger partial charge in [-0.05, 0) is 44.0 Å². The Morgan fingerprint density at radius 1 is 1.35 bits per heavy atom. The average Bonchev–Trinajstić information content (AvgIpc) is 2.25. The molecule has 5 nitrogen and oxygen atoms in total. The third-order valence-corrected chi connectivity index (χ3v) is 4.40. The van der Waals surface area contributed by atoms with Gasteiger partial charge >= 0.3 is 0 Å². The van der Waals surface area contributed by atoms with E-state index in [1.165, 1.54) is 0 Å². The highest BCUT2D eigenvalue weighted by atomic mass is 32.2. The highest BCUT2D eigenvalue weighted by Gasteiger charge is 2.19. The van der Waals surface area contributed by atoms with Crippen LogP contribution in [0.2, 0.25) is 0 Å². The molecule has 0 saturated heterocycles. The molecule has 0 fully saturated rings. The van der Waals surface area contributed by atoms with E-state index in [1.54, 1.807) is 26.0 Å². The quantitative estimate of drug-likeness (QED) is 0.456. The second-order valence-electron chi connectivity index (χ2n) is 4.89. The lowest BCUT2D eigenvalue weighted by Gasteiger charge is -2.13. The van der Waals surface area contributed by atoms with Crippen molar-refractivity contribution in [3.63, 3.8) is 0 Å². The van der Waals surface area contributed by atoms with Crippen LogP contribution in [-0.4, -0.2) is 28.2 Å². The van der Waals surface area contributed by atoms with Crippen LogP contribution in [0.1, 0.15) is 18.1 Å². The second kappa shape index (κ2) is 6.88. The van der Waals surface area contributed by atoms with Crippen molar-refractivity contribution in [2.75, 3.05) is 25.5 Å². The van der Waals surface area contributed by atoms with Crippen molar-refractivity contribution in [2.24, 2.45) is 0 Å². The van der Waals surface area contributed by atoms with Gasteiger partial charge in [-0.2, -0.15) is 0 Å². The highest BCUT2D eigenvalue weighted by molar-refractivity contribution is 7.89. The number of nitrogens with two attached hydrogens (primary N) is 1. The number of nitrogens with one attached hydrogen (secondary N) is 1. The van der Waals surface area contributed by atoms with Crippen LogP contribution in [0.15, 0.2) is 29.2 Å². The minimum Gasteiger partial charge on any atom is -0.399 e. The van der Waals surface area contributed by atoms with E-state index in [0.717, 1.165) is 5.57 Å². The molecule has 6 heteroatoms. The van der Waals surface area contributed by atoms with Gasteiger partial charge in [-0.25, -0.2) is 13.1 Å². The zero-order valence-corrected chi connectivity index (χ0v) is 13.0. The van der Waals surface area contributed by atoms with Gasteiger partial charge < -0.3 is 10.5 Å². The van der Waals surface area contributed by atoms with E-state index >= 15 is 0 Å². The Balaban J connectivity index is 2.73. The third-order valence-electron chi connectivity index (χ3n) is 2.64. The van der Waals surface area contributed by atoms with Crippen LogP contribution < -0.4 is 10.5 Å². The van der Waals surface area contributed by atoms with Crippen molar-refractivity contribution < 1.29 is 13.2 Å². The van der Waals surface area contributed by atoms with Gasteiger partial charge in [0.25, 0.3) is 0 Å². The molecule has 0 aliphatic carbocycles. The maximum absolute atomic E-state index is 12.3. The summed E-state index contributed by atoms with van der Waals surface area (Å²) in [5.74, 6) is 0. The lowest BCUT2D eigenvalue weighted by Crippen LogP contribution is -2.28. The SMILES string of the molecule is C=C(C)COCCNS(=O)(=O)c1c(C)cc(N)cc1C. The highest BCUT2D eigenvalue weighted by Crippen LogP contribution is 2.22. The van der Waals surface area contributed by atoms with Crippen molar-refractivity contribution in [1.82, 2.24) is 4.72 Å². The van der Waals surface area contributed by atoms with Crippen LogP contribution in [-0.2, 0) is 14.8 Å². The van der Waals surface area contributed by atoms with Crippen LogP contribution in [0.3, 0.4) is 0 Å². The molecule has 0 spiro atoms. The zero-order chi connectivity index (χ0) is 15.3. The van der Waals surface area contributed by atoms with Crippen LogP contribution >= 0.6 is 0 Å². The summed E-state index contributed by atoms with van der Waals surface area (Å²) in [5, 5.41) is 0. The normalized spacial score (nSPS) is 11.6. The first kappa shape index (κ1) is 16.7. The lowest BCUT2D eigenvalue weighted by atomic mass is 10.1. The minimum atomic E-state index is -3.55. The van der Waals surface area contributed by atoms with E-state index < -0.39 is 10.0 Å². The predicted octanol–water partition coefficient (Wildman–Crippen LogP) is 1.76. The summed E-state index contributed by atoms with van der Waals surface area (Å²) in [7, 11) is -3.55. The number of hydrogen-bond donors (Lipinski definition) is 2. The Kier molecular flexibility index (Phi) is 5.74. The Morgan fingerprint density at radius 2 is 1.90 bits per heavy atom. The first-order valence-corrected chi connectivity index (χ1v) is 7.81. The first-order chi connectivity index (χ1) is 9.24. The molecule has 3 N–H and O–H groups in total. The topological polar surface area (TPSA) is 81.4 Å². The van der Waals surface area contributed by atoms with E-state index in [-0.39, 0.29) is 11.4 Å². The Bertz CT molecular complexity index is 571. The van der Waals surface area contributed by atoms with Crippen molar-refractivity contribution in [1.29, 1.82) is 0 Å². The van der Waals surface area contributed by atoms with Gasteiger partial charge in [0, 0.05) is 12.2 Å². The Hall–Kier alpha value is -1.37. The maximum atomic E-state index is 12.3. The fourth-order valence-electron chi connectivity index (χ4n) is 1.97. The largest absolute Gasteiger partial charge is 0.399 e. The Labute approximate surface area is 120 Å². The number of sulfonamides is 1. The number of rotatable bonds is 7. The third kappa shape index (κ3) is 4.63. The summed E-state index contributed by atoms with van der Waals surface area (Å²) in [6.45, 7) is 9.98. The van der Waals surface area contributed by atoms with Crippen LogP contribution in [0.25, 0.3) is 0 Å². The van der Waals surface area contributed by atoms with Crippen molar-refractivity contribution in [3.05, 3.63) is 35.4 Å². The van der Waals surface area contributed by atoms with Gasteiger partial charge in [0.05, 0.1) is 18.1 Å². The molecule has 0 aliphatic rings. The summed E-state index contributed by atoms with van der Waals surface area (Å²) < 4.78 is 32.3. The molecule has 0 atom stereocenters. The molecule has 1 aromatic rings. The molecule has 1 aromatic carbocycles. The Morgan fingerprint density at radius 3 is 2.40 bits per heavy atom. The molecule has 0 bridgehead atoms. The summed E-state index contributed by atoms with van der Waals surface area (Å²) in [6, 6.07) is 3.30. The number of hydrogen-bond acceptors (Lipinski definition) is 4. The van der Waals surface area contributed by atoms with Gasteiger partial charge in [-0.3, -0.25) is 0 Å². The number of aryl methyl sites for hydroxylation is 2. The number of nitrogen functional groups attached to an aromatic ring is 1. The van der Waals surface area contributed by atoms with E-state index in [2.05, 4.69) is 11.3 Å². The average molecular weight is 298 g/mol. The van der Waals surface area contributed by atoms with Crippen molar-refractivity contribution >= 4 is 15.7 Å². The molecular formula is C14H22N2O3S. The van der Waals surface area contributed by atoms with Crippen molar-refractivity contribution in [2.45, 2.75) is 25.7 Å². The molecule has 0 aromatic heterocycles. The summed E-state index contributed by atoms with van der Waals surface area (Å²) in [6.07, 6.45) is 0. The molecule has 0 saturated carbocycles. The standard InChI is InChI=1S/C14H22N2O3S/c1-10(2)9-19-6-5-16-20(17,18)14-11(3)7-13(15)8-12(14)4/h7-8,16H,1,5-6,9,15H2,2-4H3. The molecule has 0 aliphatic heterocycles. The number of benzene rings is 1. The van der Waals surface area contributed by atoms with Gasteiger partial charge in [0.2, 0.25) is 10.0 Å². The fraction of sp³-hybridized carbons (Fsp3) is 0.429. The molecule has 0 amide bonds. The molecular weight excluding hydrogens is 276 g/mol. The fourth-order valence-corrected chi connectivity index (χ4v) is 3.44. The van der Waals surface area contributed by atoms with Gasteiger partial charge in [0.15, 0.2) is 0 Å². The summed E-state index contributed by atoms with van der Waals surface area (Å²) in [5.41, 5.74) is 8.43. The van der Waals surface area contributed by atoms with Crippen molar-refractivity contribution in [3.8, 4) is 0 Å². The summed E-state index contributed by atoms with van der Waals surface area (Å²) >= 11 is 0. The minimum absolute atomic E-state index is 0.221. The van der Waals surface area contributed by atoms with Crippen LogP contribution in [0.4, 0.5) is 5.69 Å². The number of ether oxygens (including phenoxy) is 1. The monoisotopic (exact) mass is 298 g/mol. The van der Waals surface area contributed by atoms with Gasteiger partial charge in [-0.1, -0.05) is 12.2 Å². The molecule has 112 valence electrons. The second-order valence-corrected chi connectivity index (χ2v) is 6.60. The van der Waals surface area contributed by atoms with E-state index in [1.807, 2.05) is 6.92 Å². The molecule has 0 unspecified atom stereocenters. The molecule has 1 rings (SSSR count). The van der Waals surface area contributed by atoms with Gasteiger partial charge in [0.1, 0.15) is 0 Å². The van der Waals surface area contributed by atoms with E-state index in [0.29, 0.717) is 30.0 Å². The van der Waals surface area contributed by atoms with Gasteiger partial charge in [-0.15, -0.1) is 0 Å². The van der Waals surface area contributed by atoms with E-state index in [4.69, 9.17) is 10.5 Å². The predicted molar refractivity (Wildman–Crippen MR) is 81.1 cm³/mol. The lowest BCUT2D eigenvalue weighted by molar-refractivity contribution is 0.162. The number of anilines is 1. The molecule has 0 radical (unpaired) electrons. The zero-order valence-electron chi connectivity index (χ0n) is 12.2. The maximum Gasteiger partial charge on any atom is 0.241 e. The van der Waals surface area contributed by atoms with E-state index in [9.17, 15) is 8.42 Å². The smallest absolute Gasteiger partial charge is 0.241 e.